The van der Waals surface area contributed by atoms with Crippen molar-refractivity contribution >= 4 is 5.91 Å². The first-order valence-electron chi connectivity index (χ1n) is 19.8. The molecule has 0 aliphatic rings. The molecule has 0 bridgehead atoms. The molecule has 0 heterocycles. The lowest BCUT2D eigenvalue weighted by molar-refractivity contribution is -0.125. The summed E-state index contributed by atoms with van der Waals surface area (Å²) in [5.41, 5.74) is 0. The Bertz CT molecular complexity index is 572. The van der Waals surface area contributed by atoms with Crippen LogP contribution in [0.5, 0.6) is 0 Å². The zero-order chi connectivity index (χ0) is 32.4. The van der Waals surface area contributed by atoms with Gasteiger partial charge < -0.3 is 20.6 Å². The lowest BCUT2D eigenvalue weighted by atomic mass is 10.0. The zero-order valence-corrected chi connectivity index (χ0v) is 29.8. The minimum Gasteiger partial charge on any atom is -0.394 e. The van der Waals surface area contributed by atoms with Crippen LogP contribution in [0.3, 0.4) is 0 Å². The first kappa shape index (κ1) is 43.4. The van der Waals surface area contributed by atoms with Gasteiger partial charge in [-0.15, -0.1) is 0 Å². The van der Waals surface area contributed by atoms with Gasteiger partial charge >= 0.3 is 0 Å². The number of hydrogen-bond acceptors (Lipinski definition) is 4. The zero-order valence-electron chi connectivity index (χ0n) is 29.8. The monoisotopic (exact) mass is 626 g/mol. The Morgan fingerprint density at radius 1 is 0.477 bits per heavy atom. The van der Waals surface area contributed by atoms with Gasteiger partial charge in [0.1, 0.15) is 0 Å². The average Bonchev–Trinajstić information content (AvgIpc) is 3.01. The van der Waals surface area contributed by atoms with Crippen LogP contribution in [0.1, 0.15) is 219 Å². The summed E-state index contributed by atoms with van der Waals surface area (Å²) in [7, 11) is 0. The van der Waals surface area contributed by atoms with E-state index in [1.54, 1.807) is 0 Å². The third-order valence-corrected chi connectivity index (χ3v) is 9.42. The number of nitrogens with one attached hydrogen (secondary N) is 1. The molecule has 0 aromatic rings. The van der Waals surface area contributed by atoms with Crippen molar-refractivity contribution < 1.29 is 20.1 Å². The van der Waals surface area contributed by atoms with Crippen molar-refractivity contribution in [3.8, 4) is 0 Å². The topological polar surface area (TPSA) is 89.8 Å². The van der Waals surface area contributed by atoms with Gasteiger partial charge in [-0.2, -0.15) is 0 Å². The maximum absolute atomic E-state index is 12.3. The maximum atomic E-state index is 12.3. The molecule has 3 atom stereocenters. The summed E-state index contributed by atoms with van der Waals surface area (Å²) in [6.45, 7) is 4.24. The Labute approximate surface area is 275 Å². The Morgan fingerprint density at radius 2 is 0.773 bits per heavy atom. The fourth-order valence-electron chi connectivity index (χ4n) is 6.35. The van der Waals surface area contributed by atoms with Crippen LogP contribution in [0.4, 0.5) is 0 Å². The molecular formula is C39H79NO4. The van der Waals surface area contributed by atoms with Gasteiger partial charge in [0.15, 0.2) is 0 Å². The molecule has 0 radical (unpaired) electrons. The third-order valence-electron chi connectivity index (χ3n) is 9.42. The summed E-state index contributed by atoms with van der Waals surface area (Å²) in [5.74, 6) is -0.283. The SMILES string of the molecule is CCCCCCCCCCCCCCCCCCCCCCCC(O)C(CO)NC(=O)CC(O)CCCCCCCCCC. The van der Waals surface area contributed by atoms with Crippen molar-refractivity contribution in [2.45, 2.75) is 238 Å². The highest BCUT2D eigenvalue weighted by molar-refractivity contribution is 5.76. The lowest BCUT2D eigenvalue weighted by Gasteiger charge is -2.23. The second kappa shape index (κ2) is 35.2. The quantitative estimate of drug-likeness (QED) is 0.0521. The highest BCUT2D eigenvalue weighted by Crippen LogP contribution is 2.16. The Kier molecular flexibility index (Phi) is 34.7. The van der Waals surface area contributed by atoms with Crippen LogP contribution in [0.2, 0.25) is 0 Å². The van der Waals surface area contributed by atoms with Gasteiger partial charge in [0, 0.05) is 0 Å². The van der Waals surface area contributed by atoms with E-state index in [9.17, 15) is 20.1 Å². The van der Waals surface area contributed by atoms with Crippen LogP contribution in [-0.4, -0.2) is 46.1 Å². The van der Waals surface area contributed by atoms with Gasteiger partial charge in [-0.05, 0) is 12.8 Å². The highest BCUT2D eigenvalue weighted by atomic mass is 16.3. The van der Waals surface area contributed by atoms with E-state index in [0.29, 0.717) is 12.8 Å². The van der Waals surface area contributed by atoms with Gasteiger partial charge in [-0.3, -0.25) is 4.79 Å². The standard InChI is InChI=1S/C39H79NO4/c1-3-5-7-9-11-13-14-15-16-17-18-19-20-21-22-23-24-25-27-29-31-33-38(43)37(35-41)40-39(44)34-36(42)32-30-28-26-12-10-8-6-4-2/h36-38,41-43H,3-35H2,1-2H3,(H,40,44). The van der Waals surface area contributed by atoms with Crippen molar-refractivity contribution in [3.63, 3.8) is 0 Å². The molecule has 0 spiro atoms. The van der Waals surface area contributed by atoms with Crippen LogP contribution in [-0.2, 0) is 4.79 Å². The van der Waals surface area contributed by atoms with E-state index in [4.69, 9.17) is 0 Å². The summed E-state index contributed by atoms with van der Waals surface area (Å²) < 4.78 is 0. The highest BCUT2D eigenvalue weighted by Gasteiger charge is 2.21. The largest absolute Gasteiger partial charge is 0.394 e. The van der Waals surface area contributed by atoms with Crippen molar-refractivity contribution in [2.75, 3.05) is 6.61 Å². The summed E-state index contributed by atoms with van der Waals surface area (Å²) in [4.78, 5) is 12.3. The van der Waals surface area contributed by atoms with Crippen molar-refractivity contribution in [3.05, 3.63) is 0 Å². The molecule has 0 saturated carbocycles. The van der Waals surface area contributed by atoms with Crippen LogP contribution in [0.25, 0.3) is 0 Å². The van der Waals surface area contributed by atoms with Gasteiger partial charge in [0.05, 0.1) is 31.3 Å². The predicted molar refractivity (Wildman–Crippen MR) is 190 cm³/mol. The second-order valence-electron chi connectivity index (χ2n) is 13.9. The normalized spacial score (nSPS) is 13.7. The van der Waals surface area contributed by atoms with E-state index >= 15 is 0 Å². The maximum Gasteiger partial charge on any atom is 0.222 e. The molecule has 5 heteroatoms. The van der Waals surface area contributed by atoms with Crippen LogP contribution < -0.4 is 5.32 Å². The number of aliphatic hydroxyl groups excluding tert-OH is 3. The molecule has 264 valence electrons. The summed E-state index contributed by atoms with van der Waals surface area (Å²) >= 11 is 0. The van der Waals surface area contributed by atoms with Crippen LogP contribution in [0, 0.1) is 0 Å². The molecule has 1 amide bonds. The molecule has 0 aromatic heterocycles. The van der Waals surface area contributed by atoms with Crippen molar-refractivity contribution in [1.82, 2.24) is 5.32 Å². The molecule has 0 aliphatic carbocycles. The molecule has 3 unspecified atom stereocenters. The van der Waals surface area contributed by atoms with Crippen molar-refractivity contribution in [1.29, 1.82) is 0 Å². The molecule has 5 nitrogen and oxygen atoms in total. The van der Waals surface area contributed by atoms with E-state index in [1.165, 1.54) is 161 Å². The number of aliphatic hydroxyl groups is 3. The molecule has 0 fully saturated rings. The number of hydrogen-bond donors (Lipinski definition) is 4. The first-order valence-corrected chi connectivity index (χ1v) is 19.8. The van der Waals surface area contributed by atoms with Gasteiger partial charge in [-0.25, -0.2) is 0 Å². The molecule has 0 rings (SSSR count). The Morgan fingerprint density at radius 3 is 1.09 bits per heavy atom. The van der Waals surface area contributed by atoms with Gasteiger partial charge in [0.2, 0.25) is 5.91 Å². The van der Waals surface area contributed by atoms with E-state index in [1.807, 2.05) is 0 Å². The van der Waals surface area contributed by atoms with Gasteiger partial charge in [-0.1, -0.05) is 200 Å². The van der Waals surface area contributed by atoms with Gasteiger partial charge in [0.25, 0.3) is 0 Å². The van der Waals surface area contributed by atoms with Crippen molar-refractivity contribution in [2.24, 2.45) is 0 Å². The molecule has 0 aromatic carbocycles. The van der Waals surface area contributed by atoms with Crippen LogP contribution in [0.15, 0.2) is 0 Å². The smallest absolute Gasteiger partial charge is 0.222 e. The summed E-state index contributed by atoms with van der Waals surface area (Å²) in [6, 6.07) is -0.650. The summed E-state index contributed by atoms with van der Waals surface area (Å²) in [6.07, 6.45) is 37.9. The molecule has 0 saturated heterocycles. The lowest BCUT2D eigenvalue weighted by Crippen LogP contribution is -2.46. The average molecular weight is 626 g/mol. The van der Waals surface area contributed by atoms with E-state index in [2.05, 4.69) is 19.2 Å². The number of unbranched alkanes of at least 4 members (excludes halogenated alkanes) is 27. The fraction of sp³-hybridized carbons (Fsp3) is 0.974. The summed E-state index contributed by atoms with van der Waals surface area (Å²) in [5, 5.41) is 33.1. The minimum absolute atomic E-state index is 0.0408. The van der Waals surface area contributed by atoms with E-state index in [0.717, 1.165) is 25.7 Å². The predicted octanol–water partition coefficient (Wildman–Crippen LogP) is 10.7. The number of rotatable bonds is 36. The molecule has 4 N–H and O–H groups in total. The third kappa shape index (κ3) is 31.3. The first-order chi connectivity index (χ1) is 21.5. The number of carbonyl (C=O) groups excluding carboxylic acids is 1. The van der Waals surface area contributed by atoms with E-state index in [-0.39, 0.29) is 18.9 Å². The molecule has 0 aliphatic heterocycles. The van der Waals surface area contributed by atoms with E-state index < -0.39 is 18.2 Å². The number of carbonyl (C=O) groups is 1. The Balaban J connectivity index is 3.55. The van der Waals surface area contributed by atoms with Crippen LogP contribution >= 0.6 is 0 Å². The molecular weight excluding hydrogens is 546 g/mol. The number of amides is 1. The second-order valence-corrected chi connectivity index (χ2v) is 13.9. The Hall–Kier alpha value is -0.650. The minimum atomic E-state index is -0.742. The fourth-order valence-corrected chi connectivity index (χ4v) is 6.35. The molecule has 44 heavy (non-hydrogen) atoms.